The minimum absolute atomic E-state index is 0.0268. The maximum absolute atomic E-state index is 12.6. The van der Waals surface area contributed by atoms with Gasteiger partial charge in [-0.15, -0.1) is 0 Å². The predicted octanol–water partition coefficient (Wildman–Crippen LogP) is 2.34. The van der Waals surface area contributed by atoms with Gasteiger partial charge in [-0.1, -0.05) is 40.2 Å². The highest BCUT2D eigenvalue weighted by Crippen LogP contribution is 2.31. The molecule has 3 nitrogen and oxygen atoms in total. The van der Waals surface area contributed by atoms with Crippen LogP contribution in [-0.4, -0.2) is 34.9 Å². The summed E-state index contributed by atoms with van der Waals surface area (Å²) in [7, 11) is 0. The maximum atomic E-state index is 12.6. The molecule has 102 valence electrons. The summed E-state index contributed by atoms with van der Waals surface area (Å²) in [5, 5.41) is 0.0268. The molecule has 19 heavy (non-hydrogen) atoms. The Morgan fingerprint density at radius 1 is 1.37 bits per heavy atom. The van der Waals surface area contributed by atoms with Crippen molar-refractivity contribution in [2.45, 2.75) is 18.9 Å². The molecule has 1 aliphatic rings. The van der Waals surface area contributed by atoms with E-state index in [1.807, 2.05) is 12.1 Å². The van der Waals surface area contributed by atoms with Crippen molar-refractivity contribution < 1.29 is 18.4 Å². The van der Waals surface area contributed by atoms with E-state index in [-0.39, 0.29) is 17.7 Å². The summed E-state index contributed by atoms with van der Waals surface area (Å²) in [6, 6.07) is 6.23. The standard InChI is InChI=1S/C13H12BrF2NO2/c14-7-10(18)11-9-4-2-1-3-8(9)5-6-17(11)13(19)12(15)16/h1-4,11-12H,5-7H2. The molecule has 0 radical (unpaired) electrons. The average molecular weight is 332 g/mol. The normalized spacial score (nSPS) is 18.3. The van der Waals surface area contributed by atoms with Crippen molar-refractivity contribution in [3.63, 3.8) is 0 Å². The molecule has 1 atom stereocenters. The van der Waals surface area contributed by atoms with Crippen molar-refractivity contribution in [2.75, 3.05) is 11.9 Å². The van der Waals surface area contributed by atoms with Crippen molar-refractivity contribution in [3.8, 4) is 0 Å². The lowest BCUT2D eigenvalue weighted by molar-refractivity contribution is -0.149. The van der Waals surface area contributed by atoms with Gasteiger partial charge in [-0.05, 0) is 17.5 Å². The number of carbonyl (C=O) groups excluding carboxylic acids is 2. The second kappa shape index (κ2) is 5.77. The molecule has 1 aromatic carbocycles. The SMILES string of the molecule is O=C(CBr)C1c2ccccc2CCN1C(=O)C(F)F. The number of hydrogen-bond donors (Lipinski definition) is 0. The molecule has 6 heteroatoms. The van der Waals surface area contributed by atoms with E-state index in [1.165, 1.54) is 0 Å². The van der Waals surface area contributed by atoms with E-state index in [9.17, 15) is 18.4 Å². The summed E-state index contributed by atoms with van der Waals surface area (Å²) in [6.07, 6.45) is -2.60. The van der Waals surface area contributed by atoms with Crippen LogP contribution >= 0.6 is 15.9 Å². The first-order valence-electron chi connectivity index (χ1n) is 5.81. The molecule has 1 unspecified atom stereocenters. The van der Waals surface area contributed by atoms with E-state index in [0.717, 1.165) is 10.5 Å². The van der Waals surface area contributed by atoms with Gasteiger partial charge in [0.25, 0.3) is 5.91 Å². The second-order valence-corrected chi connectivity index (χ2v) is 4.84. The third-order valence-corrected chi connectivity index (χ3v) is 3.74. The van der Waals surface area contributed by atoms with Crippen LogP contribution in [0.4, 0.5) is 8.78 Å². The fraction of sp³-hybridized carbons (Fsp3) is 0.385. The lowest BCUT2D eigenvalue weighted by Gasteiger charge is -2.36. The number of hydrogen-bond acceptors (Lipinski definition) is 2. The van der Waals surface area contributed by atoms with Crippen LogP contribution in [0.15, 0.2) is 24.3 Å². The largest absolute Gasteiger partial charge is 0.323 e. The zero-order valence-electron chi connectivity index (χ0n) is 9.98. The molecule has 1 amide bonds. The molecule has 1 aliphatic heterocycles. The Morgan fingerprint density at radius 2 is 2.05 bits per heavy atom. The highest BCUT2D eigenvalue weighted by Gasteiger charge is 2.37. The summed E-state index contributed by atoms with van der Waals surface area (Å²) >= 11 is 3.04. The molecule has 2 rings (SSSR count). The van der Waals surface area contributed by atoms with E-state index in [4.69, 9.17) is 0 Å². The zero-order chi connectivity index (χ0) is 14.0. The number of halogens is 3. The van der Waals surface area contributed by atoms with Crippen LogP contribution in [0.3, 0.4) is 0 Å². The molecule has 0 N–H and O–H groups in total. The number of amides is 1. The Kier molecular flexibility index (Phi) is 4.29. The predicted molar refractivity (Wildman–Crippen MR) is 69.4 cm³/mol. The van der Waals surface area contributed by atoms with Gasteiger partial charge in [-0.2, -0.15) is 8.78 Å². The molecule has 0 saturated heterocycles. The van der Waals surface area contributed by atoms with Crippen molar-refractivity contribution in [2.24, 2.45) is 0 Å². The second-order valence-electron chi connectivity index (χ2n) is 4.28. The van der Waals surface area contributed by atoms with E-state index >= 15 is 0 Å². The lowest BCUT2D eigenvalue weighted by atomic mass is 9.90. The Morgan fingerprint density at radius 3 is 2.68 bits per heavy atom. The van der Waals surface area contributed by atoms with Gasteiger partial charge in [0.1, 0.15) is 6.04 Å². The van der Waals surface area contributed by atoms with Gasteiger partial charge in [0, 0.05) is 6.54 Å². The van der Waals surface area contributed by atoms with Crippen LogP contribution in [0.2, 0.25) is 0 Å². The number of carbonyl (C=O) groups is 2. The fourth-order valence-corrected chi connectivity index (χ4v) is 2.66. The summed E-state index contributed by atoms with van der Waals surface area (Å²) in [4.78, 5) is 24.5. The Hall–Kier alpha value is -1.30. The van der Waals surface area contributed by atoms with Crippen LogP contribution < -0.4 is 0 Å². The molecule has 0 spiro atoms. The van der Waals surface area contributed by atoms with Gasteiger partial charge in [0.05, 0.1) is 5.33 Å². The highest BCUT2D eigenvalue weighted by molar-refractivity contribution is 9.09. The molecule has 1 heterocycles. The average Bonchev–Trinajstić information content (AvgIpc) is 2.44. The number of fused-ring (bicyclic) bond motifs is 1. The molecule has 0 fully saturated rings. The number of benzene rings is 1. The molecule has 0 saturated carbocycles. The molecule has 0 aromatic heterocycles. The van der Waals surface area contributed by atoms with Crippen LogP contribution in [0.5, 0.6) is 0 Å². The Bertz CT molecular complexity index is 507. The van der Waals surface area contributed by atoms with E-state index < -0.39 is 18.4 Å². The lowest BCUT2D eigenvalue weighted by Crippen LogP contribution is -2.46. The van der Waals surface area contributed by atoms with Crippen molar-refractivity contribution >= 4 is 27.6 Å². The minimum atomic E-state index is -3.09. The highest BCUT2D eigenvalue weighted by atomic mass is 79.9. The van der Waals surface area contributed by atoms with Crippen LogP contribution in [0, 0.1) is 0 Å². The van der Waals surface area contributed by atoms with Gasteiger partial charge in [-0.3, -0.25) is 9.59 Å². The van der Waals surface area contributed by atoms with Gasteiger partial charge < -0.3 is 4.90 Å². The third kappa shape index (κ3) is 2.68. The van der Waals surface area contributed by atoms with E-state index in [1.54, 1.807) is 12.1 Å². The number of nitrogens with zero attached hydrogens (tertiary/aromatic N) is 1. The molecular formula is C13H12BrF2NO2. The van der Waals surface area contributed by atoms with Crippen molar-refractivity contribution in [3.05, 3.63) is 35.4 Å². The van der Waals surface area contributed by atoms with E-state index in [0.29, 0.717) is 12.0 Å². The van der Waals surface area contributed by atoms with E-state index in [2.05, 4.69) is 15.9 Å². The van der Waals surface area contributed by atoms with Gasteiger partial charge >= 0.3 is 6.43 Å². The zero-order valence-corrected chi connectivity index (χ0v) is 11.6. The smallest absolute Gasteiger partial charge is 0.315 e. The Labute approximate surface area is 117 Å². The first-order chi connectivity index (χ1) is 9.06. The Balaban J connectivity index is 2.43. The van der Waals surface area contributed by atoms with Gasteiger partial charge in [0.15, 0.2) is 5.78 Å². The van der Waals surface area contributed by atoms with Crippen LogP contribution in [-0.2, 0) is 16.0 Å². The topological polar surface area (TPSA) is 37.4 Å². The molecule has 0 aliphatic carbocycles. The maximum Gasteiger partial charge on any atom is 0.315 e. The summed E-state index contributed by atoms with van der Waals surface area (Å²) in [5.74, 6) is -1.57. The van der Waals surface area contributed by atoms with Crippen molar-refractivity contribution in [1.82, 2.24) is 4.90 Å². The monoisotopic (exact) mass is 331 g/mol. The summed E-state index contributed by atoms with van der Waals surface area (Å²) in [6.45, 7) is 0.142. The number of rotatable bonds is 3. The number of ketones is 1. The fourth-order valence-electron chi connectivity index (χ4n) is 2.35. The first-order valence-corrected chi connectivity index (χ1v) is 6.93. The summed E-state index contributed by atoms with van der Waals surface area (Å²) in [5.41, 5.74) is 1.58. The number of alkyl halides is 3. The first kappa shape index (κ1) is 14.1. The molecular weight excluding hydrogens is 320 g/mol. The quantitative estimate of drug-likeness (QED) is 0.797. The minimum Gasteiger partial charge on any atom is -0.323 e. The van der Waals surface area contributed by atoms with Gasteiger partial charge in [0.2, 0.25) is 0 Å². The number of Topliss-reactive ketones (excluding diaryl/α,β-unsaturated/α-hetero) is 1. The summed E-state index contributed by atoms with van der Waals surface area (Å²) < 4.78 is 25.2. The van der Waals surface area contributed by atoms with Gasteiger partial charge in [-0.25, -0.2) is 0 Å². The van der Waals surface area contributed by atoms with Crippen LogP contribution in [0.25, 0.3) is 0 Å². The molecule has 0 bridgehead atoms. The van der Waals surface area contributed by atoms with Crippen molar-refractivity contribution in [1.29, 1.82) is 0 Å². The third-order valence-electron chi connectivity index (χ3n) is 3.19. The molecule has 1 aromatic rings. The van der Waals surface area contributed by atoms with Crippen LogP contribution in [0.1, 0.15) is 17.2 Å².